The fourth-order valence-electron chi connectivity index (χ4n) is 3.07. The van der Waals surface area contributed by atoms with Gasteiger partial charge in [-0.15, -0.1) is 0 Å². The largest absolute Gasteiger partial charge is 0.497 e. The minimum absolute atomic E-state index is 0.184. The maximum Gasteiger partial charge on any atom is 0.276 e. The number of hydrazine groups is 1. The standard InChI is InChI=1S/C24H26N2O4/c1-15-5-6-16(2)22(11-15)30-14-23(27)25-26-24(28)17(3)18-7-8-20-13-21(29-4)10-9-19(20)12-18/h5-13,17H,14H2,1-4H3,(H,25,27)(H,26,28). The molecule has 1 unspecified atom stereocenters. The number of benzene rings is 3. The summed E-state index contributed by atoms with van der Waals surface area (Å²) in [6.07, 6.45) is 0. The molecule has 0 saturated carbocycles. The molecule has 3 rings (SSSR count). The van der Waals surface area contributed by atoms with Gasteiger partial charge in [-0.2, -0.15) is 0 Å². The van der Waals surface area contributed by atoms with E-state index >= 15 is 0 Å². The molecule has 2 amide bonds. The van der Waals surface area contributed by atoms with Gasteiger partial charge < -0.3 is 9.47 Å². The second-order valence-electron chi connectivity index (χ2n) is 7.29. The molecule has 0 aliphatic carbocycles. The molecule has 156 valence electrons. The number of amides is 2. The average Bonchev–Trinajstić information content (AvgIpc) is 2.76. The lowest BCUT2D eigenvalue weighted by atomic mass is 9.97. The van der Waals surface area contributed by atoms with E-state index in [0.717, 1.165) is 33.2 Å². The van der Waals surface area contributed by atoms with Crippen molar-refractivity contribution in [3.63, 3.8) is 0 Å². The van der Waals surface area contributed by atoms with Gasteiger partial charge in [0, 0.05) is 0 Å². The van der Waals surface area contributed by atoms with Crippen LogP contribution >= 0.6 is 0 Å². The summed E-state index contributed by atoms with van der Waals surface area (Å²) < 4.78 is 10.8. The van der Waals surface area contributed by atoms with Crippen molar-refractivity contribution in [2.24, 2.45) is 0 Å². The quantitative estimate of drug-likeness (QED) is 0.611. The van der Waals surface area contributed by atoms with E-state index in [1.807, 2.05) is 68.4 Å². The zero-order valence-electron chi connectivity index (χ0n) is 17.6. The van der Waals surface area contributed by atoms with E-state index in [1.54, 1.807) is 14.0 Å². The number of carbonyl (C=O) groups excluding carboxylic acids is 2. The molecule has 0 saturated heterocycles. The van der Waals surface area contributed by atoms with Gasteiger partial charge in [0.15, 0.2) is 6.61 Å². The normalized spacial score (nSPS) is 11.6. The highest BCUT2D eigenvalue weighted by molar-refractivity contribution is 5.89. The van der Waals surface area contributed by atoms with Crippen LogP contribution in [-0.4, -0.2) is 25.5 Å². The molecule has 0 aliphatic rings. The van der Waals surface area contributed by atoms with Gasteiger partial charge in [-0.05, 0) is 66.4 Å². The minimum Gasteiger partial charge on any atom is -0.497 e. The highest BCUT2D eigenvalue weighted by atomic mass is 16.5. The molecular formula is C24H26N2O4. The number of ether oxygens (including phenoxy) is 2. The monoisotopic (exact) mass is 406 g/mol. The Balaban J connectivity index is 1.55. The lowest BCUT2D eigenvalue weighted by molar-refractivity contribution is -0.130. The molecule has 6 nitrogen and oxygen atoms in total. The predicted octanol–water partition coefficient (Wildman–Crippen LogP) is 3.80. The van der Waals surface area contributed by atoms with Gasteiger partial charge in [-0.25, -0.2) is 0 Å². The topological polar surface area (TPSA) is 76.7 Å². The Morgan fingerprint density at radius 3 is 2.43 bits per heavy atom. The number of nitrogens with one attached hydrogen (secondary N) is 2. The van der Waals surface area contributed by atoms with E-state index in [4.69, 9.17) is 9.47 Å². The number of hydrogen-bond donors (Lipinski definition) is 2. The lowest BCUT2D eigenvalue weighted by Gasteiger charge is -2.15. The summed E-state index contributed by atoms with van der Waals surface area (Å²) in [4.78, 5) is 24.5. The van der Waals surface area contributed by atoms with Crippen molar-refractivity contribution in [3.8, 4) is 11.5 Å². The van der Waals surface area contributed by atoms with E-state index in [0.29, 0.717) is 5.75 Å². The summed E-state index contributed by atoms with van der Waals surface area (Å²) in [6.45, 7) is 5.47. The van der Waals surface area contributed by atoms with Crippen LogP contribution in [-0.2, 0) is 9.59 Å². The molecule has 1 atom stereocenters. The summed E-state index contributed by atoms with van der Waals surface area (Å²) in [5.74, 6) is 0.270. The third kappa shape index (κ3) is 5.08. The number of aryl methyl sites for hydroxylation is 2. The molecule has 0 spiro atoms. The Labute approximate surface area is 176 Å². The van der Waals surface area contributed by atoms with Crippen LogP contribution in [0.4, 0.5) is 0 Å². The maximum absolute atomic E-state index is 12.5. The fourth-order valence-corrected chi connectivity index (χ4v) is 3.07. The van der Waals surface area contributed by atoms with Gasteiger partial charge in [-0.3, -0.25) is 20.4 Å². The first-order valence-corrected chi connectivity index (χ1v) is 9.74. The summed E-state index contributed by atoms with van der Waals surface area (Å²) in [7, 11) is 1.63. The van der Waals surface area contributed by atoms with Crippen molar-refractivity contribution in [3.05, 3.63) is 71.3 Å². The second-order valence-corrected chi connectivity index (χ2v) is 7.29. The van der Waals surface area contributed by atoms with E-state index in [2.05, 4.69) is 10.9 Å². The Kier molecular flexibility index (Phi) is 6.57. The molecule has 0 aromatic heterocycles. The van der Waals surface area contributed by atoms with Crippen LogP contribution in [0.25, 0.3) is 10.8 Å². The Morgan fingerprint density at radius 1 is 0.933 bits per heavy atom. The first-order valence-electron chi connectivity index (χ1n) is 9.74. The highest BCUT2D eigenvalue weighted by Crippen LogP contribution is 2.25. The van der Waals surface area contributed by atoms with Crippen molar-refractivity contribution < 1.29 is 19.1 Å². The van der Waals surface area contributed by atoms with Gasteiger partial charge in [0.1, 0.15) is 11.5 Å². The van der Waals surface area contributed by atoms with Crippen LogP contribution in [0.1, 0.15) is 29.5 Å². The maximum atomic E-state index is 12.5. The molecule has 2 N–H and O–H groups in total. The van der Waals surface area contributed by atoms with E-state index in [-0.39, 0.29) is 12.5 Å². The molecule has 0 radical (unpaired) electrons. The Hall–Kier alpha value is -3.54. The van der Waals surface area contributed by atoms with Crippen molar-refractivity contribution in [1.82, 2.24) is 10.9 Å². The van der Waals surface area contributed by atoms with Gasteiger partial charge >= 0.3 is 0 Å². The molecule has 6 heteroatoms. The van der Waals surface area contributed by atoms with Crippen molar-refractivity contribution in [2.45, 2.75) is 26.7 Å². The van der Waals surface area contributed by atoms with Crippen LogP contribution in [0, 0.1) is 13.8 Å². The van der Waals surface area contributed by atoms with Crippen LogP contribution in [0.2, 0.25) is 0 Å². The minimum atomic E-state index is -0.434. The number of methoxy groups -OCH3 is 1. The Morgan fingerprint density at radius 2 is 1.67 bits per heavy atom. The first-order chi connectivity index (χ1) is 14.4. The van der Waals surface area contributed by atoms with Crippen LogP contribution in [0.3, 0.4) is 0 Å². The van der Waals surface area contributed by atoms with Crippen molar-refractivity contribution in [1.29, 1.82) is 0 Å². The zero-order chi connectivity index (χ0) is 21.7. The molecule has 0 heterocycles. The predicted molar refractivity (Wildman–Crippen MR) is 117 cm³/mol. The summed E-state index contributed by atoms with van der Waals surface area (Å²) in [5.41, 5.74) is 7.73. The zero-order valence-corrected chi connectivity index (χ0v) is 17.6. The fraction of sp³-hybridized carbons (Fsp3) is 0.250. The van der Waals surface area contributed by atoms with Crippen molar-refractivity contribution in [2.75, 3.05) is 13.7 Å². The van der Waals surface area contributed by atoms with E-state index in [1.165, 1.54) is 0 Å². The van der Waals surface area contributed by atoms with Crippen LogP contribution < -0.4 is 20.3 Å². The van der Waals surface area contributed by atoms with Crippen LogP contribution in [0.5, 0.6) is 11.5 Å². The summed E-state index contributed by atoms with van der Waals surface area (Å²) >= 11 is 0. The molecule has 0 fully saturated rings. The smallest absolute Gasteiger partial charge is 0.276 e. The summed E-state index contributed by atoms with van der Waals surface area (Å²) in [5, 5.41) is 2.04. The highest BCUT2D eigenvalue weighted by Gasteiger charge is 2.16. The molecule has 3 aromatic carbocycles. The Bertz CT molecular complexity index is 1080. The molecule has 0 aliphatic heterocycles. The van der Waals surface area contributed by atoms with Gasteiger partial charge in [0.2, 0.25) is 5.91 Å². The molecule has 3 aromatic rings. The van der Waals surface area contributed by atoms with Gasteiger partial charge in [0.25, 0.3) is 5.91 Å². The lowest BCUT2D eigenvalue weighted by Crippen LogP contribution is -2.45. The number of rotatable bonds is 6. The molecular weight excluding hydrogens is 380 g/mol. The molecule has 30 heavy (non-hydrogen) atoms. The third-order valence-corrected chi connectivity index (χ3v) is 4.99. The van der Waals surface area contributed by atoms with Crippen molar-refractivity contribution >= 4 is 22.6 Å². The third-order valence-electron chi connectivity index (χ3n) is 4.99. The first kappa shape index (κ1) is 21.2. The van der Waals surface area contributed by atoms with E-state index < -0.39 is 11.8 Å². The number of hydrogen-bond acceptors (Lipinski definition) is 4. The molecule has 0 bridgehead atoms. The second kappa shape index (κ2) is 9.31. The average molecular weight is 406 g/mol. The SMILES string of the molecule is COc1ccc2cc(C(C)C(=O)NNC(=O)COc3cc(C)ccc3C)ccc2c1. The van der Waals surface area contributed by atoms with Gasteiger partial charge in [-0.1, -0.05) is 36.4 Å². The van der Waals surface area contributed by atoms with Gasteiger partial charge in [0.05, 0.1) is 13.0 Å². The number of carbonyl (C=O) groups is 2. The van der Waals surface area contributed by atoms with E-state index in [9.17, 15) is 9.59 Å². The summed E-state index contributed by atoms with van der Waals surface area (Å²) in [6, 6.07) is 17.4. The van der Waals surface area contributed by atoms with Crippen LogP contribution in [0.15, 0.2) is 54.6 Å². The number of fused-ring (bicyclic) bond motifs is 1.